The number of benzene rings is 1. The number of rotatable bonds is 2. The molecule has 3 rings (SSSR count). The Morgan fingerprint density at radius 1 is 1.33 bits per heavy atom. The largest absolute Gasteiger partial charge is 0.478 e. The molecule has 1 aromatic carbocycles. The van der Waals surface area contributed by atoms with E-state index >= 15 is 0 Å². The van der Waals surface area contributed by atoms with Crippen molar-refractivity contribution in [1.82, 2.24) is 14.1 Å². The zero-order valence-corrected chi connectivity index (χ0v) is 9.74. The third-order valence-corrected chi connectivity index (χ3v) is 2.98. The Labute approximate surface area is 103 Å². The minimum atomic E-state index is -0.924. The van der Waals surface area contributed by atoms with Gasteiger partial charge in [-0.2, -0.15) is 0 Å². The van der Waals surface area contributed by atoms with Crippen LogP contribution in [0.2, 0.25) is 0 Å². The van der Waals surface area contributed by atoms with Gasteiger partial charge in [-0.05, 0) is 6.07 Å². The number of aromatic nitrogens is 3. The lowest BCUT2D eigenvalue weighted by Gasteiger charge is -2.04. The number of aryl methyl sites for hydroxylation is 1. The molecule has 0 unspecified atom stereocenters. The minimum Gasteiger partial charge on any atom is -0.478 e. The SMILES string of the molecule is Cn1cncc1-n1cc(C(=O)O)c2ccccc21. The molecular formula is C13H11N3O2. The number of para-hydroxylation sites is 1. The predicted octanol–water partition coefficient (Wildman–Crippen LogP) is 2.06. The zero-order chi connectivity index (χ0) is 12.7. The number of carboxylic acids is 1. The fourth-order valence-corrected chi connectivity index (χ4v) is 2.12. The van der Waals surface area contributed by atoms with Crippen LogP contribution in [0.15, 0.2) is 43.0 Å². The molecule has 2 aromatic heterocycles. The van der Waals surface area contributed by atoms with Crippen LogP contribution >= 0.6 is 0 Å². The summed E-state index contributed by atoms with van der Waals surface area (Å²) in [4.78, 5) is 15.3. The van der Waals surface area contributed by atoms with E-state index in [2.05, 4.69) is 4.98 Å². The Kier molecular flexibility index (Phi) is 2.19. The molecule has 0 saturated heterocycles. The highest BCUT2D eigenvalue weighted by atomic mass is 16.4. The number of carboxylic acid groups (broad SMARTS) is 1. The first-order chi connectivity index (χ1) is 8.68. The van der Waals surface area contributed by atoms with Crippen molar-refractivity contribution in [3.05, 3.63) is 48.5 Å². The van der Waals surface area contributed by atoms with Gasteiger partial charge in [-0.25, -0.2) is 9.78 Å². The number of hydrogen-bond acceptors (Lipinski definition) is 2. The van der Waals surface area contributed by atoms with E-state index in [1.165, 1.54) is 0 Å². The summed E-state index contributed by atoms with van der Waals surface area (Å²) in [5.74, 6) is -0.0918. The van der Waals surface area contributed by atoms with Gasteiger partial charge < -0.3 is 14.2 Å². The third-order valence-electron chi connectivity index (χ3n) is 2.98. The second-order valence-corrected chi connectivity index (χ2v) is 4.10. The standard InChI is InChI=1S/C13H11N3O2/c1-15-8-14-6-12(15)16-7-10(13(17)18)9-4-2-3-5-11(9)16/h2-8H,1H3,(H,17,18). The molecule has 5 heteroatoms. The zero-order valence-electron chi connectivity index (χ0n) is 9.74. The second-order valence-electron chi connectivity index (χ2n) is 4.10. The van der Waals surface area contributed by atoms with Gasteiger partial charge in [0, 0.05) is 18.6 Å². The lowest BCUT2D eigenvalue weighted by Crippen LogP contribution is -1.99. The Bertz CT molecular complexity index is 740. The molecule has 0 aliphatic carbocycles. The fraction of sp³-hybridized carbons (Fsp3) is 0.0769. The summed E-state index contributed by atoms with van der Waals surface area (Å²) in [7, 11) is 1.87. The van der Waals surface area contributed by atoms with Crippen molar-refractivity contribution in [1.29, 1.82) is 0 Å². The van der Waals surface area contributed by atoms with Gasteiger partial charge in [0.15, 0.2) is 0 Å². The molecule has 90 valence electrons. The summed E-state index contributed by atoms with van der Waals surface area (Å²) in [6, 6.07) is 7.43. The Hall–Kier alpha value is -2.56. The van der Waals surface area contributed by atoms with E-state index in [0.717, 1.165) is 16.7 Å². The first kappa shape index (κ1) is 10.6. The van der Waals surface area contributed by atoms with Crippen molar-refractivity contribution in [2.24, 2.45) is 7.05 Å². The average Bonchev–Trinajstić information content (AvgIpc) is 2.92. The normalized spacial score (nSPS) is 10.9. The van der Waals surface area contributed by atoms with Crippen LogP contribution in [0.4, 0.5) is 0 Å². The van der Waals surface area contributed by atoms with Crippen LogP contribution in [0, 0.1) is 0 Å². The van der Waals surface area contributed by atoms with Crippen LogP contribution in [-0.4, -0.2) is 25.2 Å². The van der Waals surface area contributed by atoms with Crippen LogP contribution in [-0.2, 0) is 7.05 Å². The molecule has 3 aromatic rings. The van der Waals surface area contributed by atoms with Crippen LogP contribution in [0.5, 0.6) is 0 Å². The van der Waals surface area contributed by atoms with Gasteiger partial charge in [0.25, 0.3) is 0 Å². The molecule has 0 atom stereocenters. The highest BCUT2D eigenvalue weighted by Gasteiger charge is 2.15. The van der Waals surface area contributed by atoms with E-state index in [1.807, 2.05) is 40.4 Å². The molecule has 0 bridgehead atoms. The van der Waals surface area contributed by atoms with Gasteiger partial charge >= 0.3 is 5.97 Å². The quantitative estimate of drug-likeness (QED) is 0.747. The lowest BCUT2D eigenvalue weighted by atomic mass is 10.2. The van der Waals surface area contributed by atoms with Crippen molar-refractivity contribution < 1.29 is 9.90 Å². The molecule has 0 fully saturated rings. The summed E-state index contributed by atoms with van der Waals surface area (Å²) >= 11 is 0. The van der Waals surface area contributed by atoms with Crippen molar-refractivity contribution >= 4 is 16.9 Å². The molecule has 2 heterocycles. The molecule has 1 N–H and O–H groups in total. The molecule has 0 amide bonds. The molecule has 0 spiro atoms. The van der Waals surface area contributed by atoms with E-state index in [4.69, 9.17) is 0 Å². The van der Waals surface area contributed by atoms with Gasteiger partial charge in [0.2, 0.25) is 0 Å². The summed E-state index contributed by atoms with van der Waals surface area (Å²) in [5.41, 5.74) is 1.16. The fourth-order valence-electron chi connectivity index (χ4n) is 2.12. The first-order valence-electron chi connectivity index (χ1n) is 5.48. The first-order valence-corrected chi connectivity index (χ1v) is 5.48. The van der Waals surface area contributed by atoms with Gasteiger partial charge in [-0.3, -0.25) is 0 Å². The van der Waals surface area contributed by atoms with Crippen molar-refractivity contribution in [2.75, 3.05) is 0 Å². The van der Waals surface area contributed by atoms with Crippen molar-refractivity contribution in [3.63, 3.8) is 0 Å². The van der Waals surface area contributed by atoms with Gasteiger partial charge in [0.1, 0.15) is 5.82 Å². The molecule has 0 aliphatic rings. The third kappa shape index (κ3) is 1.41. The number of nitrogens with zero attached hydrogens (tertiary/aromatic N) is 3. The molecule has 0 radical (unpaired) electrons. The Morgan fingerprint density at radius 2 is 2.11 bits per heavy atom. The summed E-state index contributed by atoms with van der Waals surface area (Å²) in [6.45, 7) is 0. The van der Waals surface area contributed by atoms with E-state index < -0.39 is 5.97 Å². The summed E-state index contributed by atoms with van der Waals surface area (Å²) < 4.78 is 3.68. The van der Waals surface area contributed by atoms with Gasteiger partial charge in [-0.15, -0.1) is 0 Å². The Balaban J connectivity index is 2.37. The molecular weight excluding hydrogens is 230 g/mol. The average molecular weight is 241 g/mol. The Morgan fingerprint density at radius 3 is 2.78 bits per heavy atom. The second kappa shape index (κ2) is 3.73. The maximum absolute atomic E-state index is 11.2. The van der Waals surface area contributed by atoms with Crippen molar-refractivity contribution in [3.8, 4) is 5.82 Å². The number of hydrogen-bond donors (Lipinski definition) is 1. The number of imidazole rings is 1. The van der Waals surface area contributed by atoms with Crippen LogP contribution in [0.1, 0.15) is 10.4 Å². The smallest absolute Gasteiger partial charge is 0.337 e. The lowest BCUT2D eigenvalue weighted by molar-refractivity contribution is 0.0699. The minimum absolute atomic E-state index is 0.298. The maximum Gasteiger partial charge on any atom is 0.337 e. The van der Waals surface area contributed by atoms with Crippen molar-refractivity contribution in [2.45, 2.75) is 0 Å². The van der Waals surface area contributed by atoms with E-state index in [-0.39, 0.29) is 0 Å². The van der Waals surface area contributed by atoms with Gasteiger partial charge in [0.05, 0.1) is 23.6 Å². The predicted molar refractivity (Wildman–Crippen MR) is 67.0 cm³/mol. The molecule has 0 aliphatic heterocycles. The number of fused-ring (bicyclic) bond motifs is 1. The highest BCUT2D eigenvalue weighted by molar-refractivity contribution is 6.03. The highest BCUT2D eigenvalue weighted by Crippen LogP contribution is 2.24. The molecule has 5 nitrogen and oxygen atoms in total. The van der Waals surface area contributed by atoms with E-state index in [1.54, 1.807) is 18.7 Å². The monoisotopic (exact) mass is 241 g/mol. The number of carbonyl (C=O) groups is 1. The summed E-state index contributed by atoms with van der Waals surface area (Å²) in [5, 5.41) is 9.96. The van der Waals surface area contributed by atoms with Crippen LogP contribution in [0.3, 0.4) is 0 Å². The molecule has 0 saturated carbocycles. The summed E-state index contributed by atoms with van der Waals surface area (Å²) in [6.07, 6.45) is 5.02. The van der Waals surface area contributed by atoms with Crippen LogP contribution in [0.25, 0.3) is 16.7 Å². The van der Waals surface area contributed by atoms with E-state index in [0.29, 0.717) is 5.56 Å². The van der Waals surface area contributed by atoms with Gasteiger partial charge in [-0.1, -0.05) is 18.2 Å². The topological polar surface area (TPSA) is 60.0 Å². The van der Waals surface area contributed by atoms with E-state index in [9.17, 15) is 9.90 Å². The number of aromatic carboxylic acids is 1. The molecule has 18 heavy (non-hydrogen) atoms. The van der Waals surface area contributed by atoms with Crippen LogP contribution < -0.4 is 0 Å². The maximum atomic E-state index is 11.2.